The van der Waals surface area contributed by atoms with Crippen molar-refractivity contribution >= 4 is 51.2 Å². The molecule has 1 amide bonds. The zero-order valence-electron chi connectivity index (χ0n) is 18.6. The summed E-state index contributed by atoms with van der Waals surface area (Å²) in [5.41, 5.74) is 3.32. The van der Waals surface area contributed by atoms with Crippen LogP contribution in [0.25, 0.3) is 17.0 Å². The fourth-order valence-corrected chi connectivity index (χ4v) is 5.37. The van der Waals surface area contributed by atoms with Gasteiger partial charge in [0.05, 0.1) is 11.4 Å². The molecule has 0 radical (unpaired) electrons. The Bertz CT molecular complexity index is 1350. The molecule has 6 heteroatoms. The summed E-state index contributed by atoms with van der Waals surface area (Å²) in [5.74, 6) is 0.841. The Morgan fingerprint density at radius 2 is 1.59 bits per heavy atom. The second-order valence-corrected chi connectivity index (χ2v) is 9.70. The lowest BCUT2D eigenvalue weighted by molar-refractivity contribution is -0.122. The fourth-order valence-electron chi connectivity index (χ4n) is 4.07. The van der Waals surface area contributed by atoms with Crippen molar-refractivity contribution in [1.29, 1.82) is 0 Å². The highest BCUT2D eigenvalue weighted by Crippen LogP contribution is 2.34. The minimum atomic E-state index is -0.0184. The summed E-state index contributed by atoms with van der Waals surface area (Å²) in [7, 11) is 0. The lowest BCUT2D eigenvalue weighted by atomic mass is 10.1. The largest absolute Gasteiger partial charge is 0.492 e. The van der Waals surface area contributed by atoms with Gasteiger partial charge in [-0.15, -0.1) is 0 Å². The van der Waals surface area contributed by atoms with Gasteiger partial charge in [-0.25, -0.2) is 0 Å². The fraction of sp³-hybridized carbons (Fsp3) is 0.143. The highest BCUT2D eigenvalue weighted by atomic mass is 32.2. The van der Waals surface area contributed by atoms with Crippen molar-refractivity contribution in [1.82, 2.24) is 9.47 Å². The molecule has 0 aliphatic carbocycles. The van der Waals surface area contributed by atoms with E-state index in [1.54, 1.807) is 4.90 Å². The zero-order valence-corrected chi connectivity index (χ0v) is 20.2. The minimum absolute atomic E-state index is 0.0184. The maximum Gasteiger partial charge on any atom is 0.266 e. The number of nitrogens with zero attached hydrogens (tertiary/aromatic N) is 2. The molecular weight excluding hydrogens is 460 g/mol. The molecule has 1 aromatic heterocycles. The Balaban J connectivity index is 1.33. The van der Waals surface area contributed by atoms with Crippen molar-refractivity contribution in [2.75, 3.05) is 13.2 Å². The highest BCUT2D eigenvalue weighted by molar-refractivity contribution is 8.26. The number of thiocarbonyl (C=S) groups is 1. The first-order chi connectivity index (χ1) is 16.7. The third-order valence-electron chi connectivity index (χ3n) is 5.79. The Hall–Kier alpha value is -3.35. The lowest BCUT2D eigenvalue weighted by Gasteiger charge is -2.14. The van der Waals surface area contributed by atoms with E-state index in [2.05, 4.69) is 35.0 Å². The average Bonchev–Trinajstić information content (AvgIpc) is 3.35. The van der Waals surface area contributed by atoms with Gasteiger partial charge < -0.3 is 9.30 Å². The molecule has 170 valence electrons. The number of amides is 1. The molecule has 0 bridgehead atoms. The van der Waals surface area contributed by atoms with Crippen molar-refractivity contribution in [3.63, 3.8) is 0 Å². The minimum Gasteiger partial charge on any atom is -0.492 e. The molecular formula is C28H24N2O2S2. The van der Waals surface area contributed by atoms with Gasteiger partial charge in [-0.1, -0.05) is 90.7 Å². The van der Waals surface area contributed by atoms with E-state index in [1.165, 1.54) is 17.3 Å². The number of carbonyl (C=O) groups is 1. The molecule has 1 aliphatic rings. The number of hydrogen-bond donors (Lipinski definition) is 0. The number of carbonyl (C=O) groups excluding carboxylic acids is 1. The molecule has 0 atom stereocenters. The summed E-state index contributed by atoms with van der Waals surface area (Å²) >= 11 is 6.92. The van der Waals surface area contributed by atoms with E-state index in [0.29, 0.717) is 28.9 Å². The van der Waals surface area contributed by atoms with Crippen molar-refractivity contribution in [2.45, 2.75) is 13.0 Å². The molecule has 4 nitrogen and oxygen atoms in total. The number of ether oxygens (including phenoxy) is 1. The van der Waals surface area contributed by atoms with Crippen LogP contribution in [-0.4, -0.2) is 32.8 Å². The number of benzene rings is 3. The second-order valence-electron chi connectivity index (χ2n) is 8.03. The molecule has 1 fully saturated rings. The van der Waals surface area contributed by atoms with Crippen LogP contribution < -0.4 is 4.74 Å². The van der Waals surface area contributed by atoms with Crippen LogP contribution in [0.2, 0.25) is 0 Å². The van der Waals surface area contributed by atoms with Gasteiger partial charge in [-0.2, -0.15) is 0 Å². The maximum atomic E-state index is 13.1. The molecule has 1 saturated heterocycles. The lowest BCUT2D eigenvalue weighted by Crippen LogP contribution is -2.30. The van der Waals surface area contributed by atoms with E-state index in [0.717, 1.165) is 28.6 Å². The van der Waals surface area contributed by atoms with E-state index in [-0.39, 0.29) is 5.91 Å². The maximum absolute atomic E-state index is 13.1. The zero-order chi connectivity index (χ0) is 23.3. The molecule has 0 unspecified atom stereocenters. The standard InChI is InChI=1S/C28H24N2O2S2/c31-27-26(34-28(33)30(27)16-15-21-9-3-1-4-10-21)19-22-20-29(25-14-8-7-13-24(22)25)17-18-32-23-11-5-2-6-12-23/h1-14,19-20H,15-18H2/b26-19-. The Morgan fingerprint density at radius 3 is 2.38 bits per heavy atom. The first-order valence-corrected chi connectivity index (χ1v) is 12.5. The van der Waals surface area contributed by atoms with Gasteiger partial charge in [0.2, 0.25) is 0 Å². The Labute approximate surface area is 208 Å². The number of hydrogen-bond acceptors (Lipinski definition) is 4. The van der Waals surface area contributed by atoms with Gasteiger partial charge in [-0.3, -0.25) is 9.69 Å². The number of para-hydroxylation sites is 2. The Kier molecular flexibility index (Phi) is 6.79. The molecule has 4 aromatic rings. The molecule has 5 rings (SSSR count). The first kappa shape index (κ1) is 22.4. The van der Waals surface area contributed by atoms with Gasteiger partial charge >= 0.3 is 0 Å². The molecule has 2 heterocycles. The van der Waals surface area contributed by atoms with Gasteiger partial charge in [0.15, 0.2) is 0 Å². The van der Waals surface area contributed by atoms with E-state index >= 15 is 0 Å². The third-order valence-corrected chi connectivity index (χ3v) is 7.17. The topological polar surface area (TPSA) is 34.5 Å². The predicted molar refractivity (Wildman–Crippen MR) is 144 cm³/mol. The predicted octanol–water partition coefficient (Wildman–Crippen LogP) is 6.16. The van der Waals surface area contributed by atoms with Crippen LogP contribution in [0, 0.1) is 0 Å². The van der Waals surface area contributed by atoms with Crippen LogP contribution in [0.3, 0.4) is 0 Å². The van der Waals surface area contributed by atoms with Crippen LogP contribution in [0.1, 0.15) is 11.1 Å². The number of aromatic nitrogens is 1. The van der Waals surface area contributed by atoms with Crippen molar-refractivity contribution in [2.24, 2.45) is 0 Å². The molecule has 34 heavy (non-hydrogen) atoms. The summed E-state index contributed by atoms with van der Waals surface area (Å²) < 4.78 is 8.69. The summed E-state index contributed by atoms with van der Waals surface area (Å²) in [5, 5.41) is 1.11. The van der Waals surface area contributed by atoms with Crippen LogP contribution in [-0.2, 0) is 17.8 Å². The molecule has 3 aromatic carbocycles. The van der Waals surface area contributed by atoms with Gasteiger partial charge in [0, 0.05) is 29.2 Å². The van der Waals surface area contributed by atoms with Gasteiger partial charge in [0.25, 0.3) is 5.91 Å². The summed E-state index contributed by atoms with van der Waals surface area (Å²) in [4.78, 5) is 15.5. The molecule has 0 saturated carbocycles. The van der Waals surface area contributed by atoms with Crippen molar-refractivity contribution < 1.29 is 9.53 Å². The van der Waals surface area contributed by atoms with Crippen LogP contribution in [0.15, 0.2) is 96.0 Å². The van der Waals surface area contributed by atoms with E-state index in [4.69, 9.17) is 17.0 Å². The normalized spacial score (nSPS) is 14.9. The first-order valence-electron chi connectivity index (χ1n) is 11.2. The molecule has 0 N–H and O–H groups in total. The van der Waals surface area contributed by atoms with Gasteiger partial charge in [-0.05, 0) is 36.3 Å². The van der Waals surface area contributed by atoms with Gasteiger partial charge in [0.1, 0.15) is 16.7 Å². The van der Waals surface area contributed by atoms with Crippen LogP contribution >= 0.6 is 24.0 Å². The summed E-state index contributed by atoms with van der Waals surface area (Å²) in [6.45, 7) is 1.86. The van der Waals surface area contributed by atoms with Crippen LogP contribution in [0.4, 0.5) is 0 Å². The number of fused-ring (bicyclic) bond motifs is 1. The summed E-state index contributed by atoms with van der Waals surface area (Å²) in [6.07, 6.45) is 4.84. The highest BCUT2D eigenvalue weighted by Gasteiger charge is 2.31. The average molecular weight is 485 g/mol. The second kappa shape index (κ2) is 10.3. The third kappa shape index (κ3) is 4.93. The van der Waals surface area contributed by atoms with E-state index in [1.807, 2.05) is 66.7 Å². The Morgan fingerprint density at radius 1 is 0.882 bits per heavy atom. The number of rotatable bonds is 8. The van der Waals surface area contributed by atoms with Crippen molar-refractivity contribution in [3.8, 4) is 5.75 Å². The monoisotopic (exact) mass is 484 g/mol. The smallest absolute Gasteiger partial charge is 0.266 e. The SMILES string of the molecule is O=C1/C(=C/c2cn(CCOc3ccccc3)c3ccccc23)SC(=S)N1CCc1ccccc1. The van der Waals surface area contributed by atoms with Crippen LogP contribution in [0.5, 0.6) is 5.75 Å². The van der Waals surface area contributed by atoms with E-state index in [9.17, 15) is 4.79 Å². The quantitative estimate of drug-likeness (QED) is 0.221. The van der Waals surface area contributed by atoms with Crippen molar-refractivity contribution in [3.05, 3.63) is 107 Å². The van der Waals surface area contributed by atoms with E-state index < -0.39 is 0 Å². The summed E-state index contributed by atoms with van der Waals surface area (Å²) in [6, 6.07) is 28.2. The molecule has 1 aliphatic heterocycles. The number of thioether (sulfide) groups is 1. The molecule has 0 spiro atoms.